The molecule has 21 heavy (non-hydrogen) atoms. The van der Waals surface area contributed by atoms with Crippen LogP contribution in [0, 0.1) is 0 Å². The summed E-state index contributed by atoms with van der Waals surface area (Å²) in [4.78, 5) is 19.1. The minimum atomic E-state index is -0.381. The molecule has 4 nitrogen and oxygen atoms in total. The highest BCUT2D eigenvalue weighted by molar-refractivity contribution is 9.10. The van der Waals surface area contributed by atoms with Crippen LogP contribution in [-0.2, 0) is 0 Å². The zero-order valence-electron chi connectivity index (χ0n) is 10.9. The average Bonchev–Trinajstić information content (AvgIpc) is 2.49. The van der Waals surface area contributed by atoms with Crippen molar-refractivity contribution in [2.75, 3.05) is 0 Å². The molecule has 2 aromatic carbocycles. The van der Waals surface area contributed by atoms with Crippen molar-refractivity contribution >= 4 is 15.9 Å². The number of H-pyrrole nitrogens is 1. The maximum atomic E-state index is 12.3. The van der Waals surface area contributed by atoms with Gasteiger partial charge >= 0.3 is 0 Å². The molecule has 0 aliphatic rings. The lowest BCUT2D eigenvalue weighted by atomic mass is 10.1. The smallest absolute Gasteiger partial charge is 0.262 e. The van der Waals surface area contributed by atoms with Crippen molar-refractivity contribution in [2.24, 2.45) is 0 Å². The Morgan fingerprint density at radius 3 is 2.33 bits per heavy atom. The van der Waals surface area contributed by atoms with Crippen LogP contribution in [0.15, 0.2) is 63.9 Å². The normalized spacial score (nSPS) is 10.5. The molecule has 0 aliphatic heterocycles. The molecule has 0 fully saturated rings. The first kappa shape index (κ1) is 13.6. The third-order valence-corrected chi connectivity index (χ3v) is 3.78. The first-order valence-electron chi connectivity index (χ1n) is 6.30. The highest BCUT2D eigenvalue weighted by Gasteiger charge is 2.15. The maximum absolute atomic E-state index is 12.3. The van der Waals surface area contributed by atoms with Crippen LogP contribution < -0.4 is 5.56 Å². The summed E-state index contributed by atoms with van der Waals surface area (Å²) in [5.74, 6) is 0.0541. The molecular formula is C16H11BrN2O2. The van der Waals surface area contributed by atoms with Crippen molar-refractivity contribution in [1.29, 1.82) is 0 Å². The van der Waals surface area contributed by atoms with Gasteiger partial charge in [0.25, 0.3) is 5.56 Å². The number of nitrogens with zero attached hydrogens (tertiary/aromatic N) is 1. The van der Waals surface area contributed by atoms with Gasteiger partial charge in [0.15, 0.2) is 0 Å². The molecule has 0 saturated heterocycles. The summed E-state index contributed by atoms with van der Waals surface area (Å²) in [5.41, 5.74) is 1.11. The fourth-order valence-electron chi connectivity index (χ4n) is 2.10. The first-order valence-corrected chi connectivity index (χ1v) is 7.09. The van der Waals surface area contributed by atoms with E-state index in [1.165, 1.54) is 0 Å². The van der Waals surface area contributed by atoms with E-state index in [0.717, 1.165) is 10.0 Å². The zero-order chi connectivity index (χ0) is 14.8. The third kappa shape index (κ3) is 2.60. The first-order chi connectivity index (χ1) is 10.2. The van der Waals surface area contributed by atoms with Crippen LogP contribution in [0.3, 0.4) is 0 Å². The van der Waals surface area contributed by atoms with Crippen molar-refractivity contribution in [3.05, 3.63) is 69.4 Å². The molecule has 0 unspecified atom stereocenters. The SMILES string of the molecule is O=c1[nH]c(-c2ccccc2)nc(O)c1-c1ccccc1Br. The van der Waals surface area contributed by atoms with Crippen LogP contribution in [0.25, 0.3) is 22.5 Å². The minimum absolute atomic E-state index is 0.155. The van der Waals surface area contributed by atoms with Crippen molar-refractivity contribution in [3.8, 4) is 28.4 Å². The number of rotatable bonds is 2. The molecule has 2 N–H and O–H groups in total. The van der Waals surface area contributed by atoms with Crippen molar-refractivity contribution in [1.82, 2.24) is 9.97 Å². The van der Waals surface area contributed by atoms with E-state index in [9.17, 15) is 9.90 Å². The Hall–Kier alpha value is -2.40. The van der Waals surface area contributed by atoms with E-state index in [0.29, 0.717) is 11.4 Å². The zero-order valence-corrected chi connectivity index (χ0v) is 12.5. The van der Waals surface area contributed by atoms with Gasteiger partial charge in [-0.1, -0.05) is 64.5 Å². The van der Waals surface area contributed by atoms with Gasteiger partial charge < -0.3 is 10.1 Å². The van der Waals surface area contributed by atoms with Crippen molar-refractivity contribution < 1.29 is 5.11 Å². The molecule has 0 spiro atoms. The number of nitrogens with one attached hydrogen (secondary N) is 1. The lowest BCUT2D eigenvalue weighted by Gasteiger charge is -2.07. The van der Waals surface area contributed by atoms with Crippen molar-refractivity contribution in [3.63, 3.8) is 0 Å². The van der Waals surface area contributed by atoms with Gasteiger partial charge in [0.05, 0.1) is 0 Å². The molecule has 0 amide bonds. The topological polar surface area (TPSA) is 66.0 Å². The van der Waals surface area contributed by atoms with E-state index in [4.69, 9.17) is 0 Å². The third-order valence-electron chi connectivity index (χ3n) is 3.09. The second kappa shape index (κ2) is 5.54. The number of aromatic hydroxyl groups is 1. The summed E-state index contributed by atoms with van der Waals surface area (Å²) in [7, 11) is 0. The summed E-state index contributed by atoms with van der Waals surface area (Å²) in [6.45, 7) is 0. The molecule has 3 rings (SSSR count). The van der Waals surface area contributed by atoms with E-state index in [-0.39, 0.29) is 17.0 Å². The monoisotopic (exact) mass is 342 g/mol. The van der Waals surface area contributed by atoms with Crippen LogP contribution in [-0.4, -0.2) is 15.1 Å². The molecule has 0 bridgehead atoms. The molecule has 3 aromatic rings. The van der Waals surface area contributed by atoms with Gasteiger partial charge in [-0.05, 0) is 6.07 Å². The largest absolute Gasteiger partial charge is 0.493 e. The summed E-state index contributed by atoms with van der Waals surface area (Å²) >= 11 is 3.37. The van der Waals surface area contributed by atoms with Gasteiger partial charge in [-0.3, -0.25) is 4.79 Å². The Morgan fingerprint density at radius 2 is 1.67 bits per heavy atom. The lowest BCUT2D eigenvalue weighted by molar-refractivity contribution is 0.454. The van der Waals surface area contributed by atoms with Gasteiger partial charge in [0.1, 0.15) is 11.4 Å². The van der Waals surface area contributed by atoms with Crippen LogP contribution in [0.5, 0.6) is 5.88 Å². The fourth-order valence-corrected chi connectivity index (χ4v) is 2.58. The number of halogens is 1. The molecular weight excluding hydrogens is 332 g/mol. The van der Waals surface area contributed by atoms with E-state index in [2.05, 4.69) is 25.9 Å². The second-order valence-corrected chi connectivity index (χ2v) is 5.31. The summed E-state index contributed by atoms with van der Waals surface area (Å²) in [6, 6.07) is 16.4. The molecule has 0 aliphatic carbocycles. The lowest BCUT2D eigenvalue weighted by Crippen LogP contribution is -2.12. The van der Waals surface area contributed by atoms with Crippen molar-refractivity contribution in [2.45, 2.75) is 0 Å². The maximum Gasteiger partial charge on any atom is 0.262 e. The van der Waals surface area contributed by atoms with E-state index in [1.807, 2.05) is 36.4 Å². The molecule has 104 valence electrons. The number of hydrogen-bond donors (Lipinski definition) is 2. The summed E-state index contributed by atoms with van der Waals surface area (Å²) in [5, 5.41) is 10.2. The number of benzene rings is 2. The van der Waals surface area contributed by atoms with E-state index >= 15 is 0 Å². The molecule has 1 aromatic heterocycles. The summed E-state index contributed by atoms with van der Waals surface area (Å²) in [6.07, 6.45) is 0. The van der Waals surface area contributed by atoms with Crippen LogP contribution in [0.4, 0.5) is 0 Å². The van der Waals surface area contributed by atoms with Crippen LogP contribution >= 0.6 is 15.9 Å². The highest BCUT2D eigenvalue weighted by atomic mass is 79.9. The number of aromatic amines is 1. The predicted octanol–water partition coefficient (Wildman–Crippen LogP) is 3.57. The molecule has 0 atom stereocenters. The standard InChI is InChI=1S/C16H11BrN2O2/c17-12-9-5-4-8-11(12)13-15(20)18-14(19-16(13)21)10-6-2-1-3-7-10/h1-9H,(H2,18,19,20,21). The Morgan fingerprint density at radius 1 is 1.00 bits per heavy atom. The van der Waals surface area contributed by atoms with Gasteiger partial charge in [-0.25, -0.2) is 0 Å². The average molecular weight is 343 g/mol. The quantitative estimate of drug-likeness (QED) is 0.748. The fraction of sp³-hybridized carbons (Fsp3) is 0. The Kier molecular flexibility index (Phi) is 3.58. The van der Waals surface area contributed by atoms with Gasteiger partial charge in [0.2, 0.25) is 5.88 Å². The summed E-state index contributed by atoms with van der Waals surface area (Å²) < 4.78 is 0.722. The molecule has 0 saturated carbocycles. The van der Waals surface area contributed by atoms with Crippen LogP contribution in [0.2, 0.25) is 0 Å². The second-order valence-electron chi connectivity index (χ2n) is 4.46. The molecule has 1 heterocycles. The Bertz CT molecular complexity index is 844. The van der Waals surface area contributed by atoms with E-state index in [1.54, 1.807) is 18.2 Å². The number of hydrogen-bond acceptors (Lipinski definition) is 3. The highest BCUT2D eigenvalue weighted by Crippen LogP contribution is 2.31. The molecule has 0 radical (unpaired) electrons. The van der Waals surface area contributed by atoms with E-state index < -0.39 is 0 Å². The van der Waals surface area contributed by atoms with Gasteiger partial charge in [0, 0.05) is 15.6 Å². The Labute approximate surface area is 129 Å². The van der Waals surface area contributed by atoms with Crippen LogP contribution in [0.1, 0.15) is 0 Å². The number of aromatic nitrogens is 2. The minimum Gasteiger partial charge on any atom is -0.493 e. The predicted molar refractivity (Wildman–Crippen MR) is 85.1 cm³/mol. The molecule has 5 heteroatoms. The van der Waals surface area contributed by atoms with Gasteiger partial charge in [-0.15, -0.1) is 0 Å². The Balaban J connectivity index is 2.19. The van der Waals surface area contributed by atoms with Gasteiger partial charge in [-0.2, -0.15) is 4.98 Å².